The molecule has 1 saturated heterocycles. The highest BCUT2D eigenvalue weighted by atomic mass is 35.5. The number of nitrogens with zero attached hydrogens (tertiary/aromatic N) is 3. The number of likely N-dealkylation sites (tertiary alicyclic amines) is 1. The fourth-order valence-corrected chi connectivity index (χ4v) is 4.92. The second-order valence-electron chi connectivity index (χ2n) is 8.47. The summed E-state index contributed by atoms with van der Waals surface area (Å²) in [6.07, 6.45) is 4.75. The monoisotopic (exact) mass is 507 g/mol. The molecule has 10 heteroatoms. The third kappa shape index (κ3) is 8.23. The first-order chi connectivity index (χ1) is 16.5. The van der Waals surface area contributed by atoms with Crippen molar-refractivity contribution in [3.63, 3.8) is 0 Å². The zero-order valence-corrected chi connectivity index (χ0v) is 21.5. The van der Waals surface area contributed by atoms with Crippen LogP contribution in [0.1, 0.15) is 48.1 Å². The number of methoxy groups -OCH3 is 1. The maximum atomic E-state index is 12.8. The Morgan fingerprint density at radius 1 is 1.35 bits per heavy atom. The van der Waals surface area contributed by atoms with E-state index in [1.807, 2.05) is 0 Å². The van der Waals surface area contributed by atoms with Crippen LogP contribution in [0, 0.1) is 0 Å². The highest BCUT2D eigenvalue weighted by Crippen LogP contribution is 2.18. The minimum Gasteiger partial charge on any atom is -0.383 e. The molecule has 0 bridgehead atoms. The molecule has 1 atom stereocenters. The molecule has 1 aromatic heterocycles. The van der Waals surface area contributed by atoms with Crippen molar-refractivity contribution in [1.29, 1.82) is 0 Å². The lowest BCUT2D eigenvalue weighted by Crippen LogP contribution is -2.39. The Hall–Kier alpha value is -2.20. The molecule has 3 rings (SSSR count). The van der Waals surface area contributed by atoms with Gasteiger partial charge in [0.15, 0.2) is 0 Å². The van der Waals surface area contributed by atoms with E-state index >= 15 is 0 Å². The summed E-state index contributed by atoms with van der Waals surface area (Å²) < 4.78 is 5.15. The van der Waals surface area contributed by atoms with Gasteiger partial charge in [0.1, 0.15) is 10.7 Å². The van der Waals surface area contributed by atoms with Crippen LogP contribution in [-0.2, 0) is 11.3 Å². The maximum absolute atomic E-state index is 12.8. The van der Waals surface area contributed by atoms with E-state index in [4.69, 9.17) is 16.3 Å². The van der Waals surface area contributed by atoms with Gasteiger partial charge in [-0.1, -0.05) is 24.1 Å². The van der Waals surface area contributed by atoms with Gasteiger partial charge in [0, 0.05) is 48.9 Å². The Kier molecular flexibility index (Phi) is 10.6. The van der Waals surface area contributed by atoms with Gasteiger partial charge < -0.3 is 25.2 Å². The zero-order valence-electron chi connectivity index (χ0n) is 19.9. The number of hydrogen-bond donors (Lipinski definition) is 2. The van der Waals surface area contributed by atoms with Crippen LogP contribution in [0.3, 0.4) is 0 Å². The van der Waals surface area contributed by atoms with Gasteiger partial charge in [0.25, 0.3) is 5.91 Å². The van der Waals surface area contributed by atoms with Crippen LogP contribution >= 0.6 is 22.9 Å². The van der Waals surface area contributed by atoms with Gasteiger partial charge in [-0.15, -0.1) is 11.3 Å². The molecule has 0 radical (unpaired) electrons. The molecule has 2 heterocycles. The fourth-order valence-electron chi connectivity index (χ4n) is 3.94. The number of hydrogen-bond acceptors (Lipinski definition) is 6. The van der Waals surface area contributed by atoms with Crippen LogP contribution in [-0.4, -0.2) is 72.7 Å². The molecule has 0 aliphatic carbocycles. The summed E-state index contributed by atoms with van der Waals surface area (Å²) in [5, 5.41) is 8.78. The average molecular weight is 508 g/mol. The Bertz CT molecular complexity index is 941. The van der Waals surface area contributed by atoms with Gasteiger partial charge in [-0.25, -0.2) is 9.78 Å². The van der Waals surface area contributed by atoms with E-state index in [1.165, 1.54) is 30.6 Å². The third-order valence-electron chi connectivity index (χ3n) is 5.89. The van der Waals surface area contributed by atoms with Crippen molar-refractivity contribution in [2.45, 2.75) is 45.2 Å². The SMILES string of the molecule is COCCN(Cc1nc(C(=O)NCCCN2CCCCC2C)cs1)C(=O)Nc1cccc(Cl)c1. The molecule has 0 saturated carbocycles. The van der Waals surface area contributed by atoms with E-state index in [0.29, 0.717) is 47.1 Å². The fraction of sp³-hybridized carbons (Fsp3) is 0.542. The minimum atomic E-state index is -0.285. The number of piperidine rings is 1. The van der Waals surface area contributed by atoms with Crippen LogP contribution in [0.2, 0.25) is 5.02 Å². The Morgan fingerprint density at radius 3 is 2.97 bits per heavy atom. The first-order valence-electron chi connectivity index (χ1n) is 11.7. The van der Waals surface area contributed by atoms with Gasteiger partial charge in [0.05, 0.1) is 13.2 Å². The first-order valence-corrected chi connectivity index (χ1v) is 13.0. The predicted octanol–water partition coefficient (Wildman–Crippen LogP) is 4.47. The smallest absolute Gasteiger partial charge is 0.322 e. The summed E-state index contributed by atoms with van der Waals surface area (Å²) in [6.45, 7) is 6.10. The van der Waals surface area contributed by atoms with E-state index in [1.54, 1.807) is 41.7 Å². The number of rotatable bonds is 11. The second kappa shape index (κ2) is 13.6. The van der Waals surface area contributed by atoms with Gasteiger partial charge in [-0.05, 0) is 50.9 Å². The molecule has 8 nitrogen and oxygen atoms in total. The van der Waals surface area contributed by atoms with Crippen molar-refractivity contribution < 1.29 is 14.3 Å². The van der Waals surface area contributed by atoms with Crippen molar-refractivity contribution >= 4 is 40.6 Å². The van der Waals surface area contributed by atoms with Crippen molar-refractivity contribution in [3.8, 4) is 0 Å². The number of nitrogens with one attached hydrogen (secondary N) is 2. The second-order valence-corrected chi connectivity index (χ2v) is 9.85. The highest BCUT2D eigenvalue weighted by Gasteiger charge is 2.19. The standard InChI is InChI=1S/C24H34ClN5O3S/c1-18-7-3-4-11-29(18)12-6-10-26-23(31)21-17-34-22(28-21)16-30(13-14-33-2)24(32)27-20-9-5-8-19(25)15-20/h5,8-9,15,17-18H,3-4,6-7,10-14,16H2,1-2H3,(H,26,31)(H,27,32). The molecule has 2 aromatic rings. The minimum absolute atomic E-state index is 0.180. The topological polar surface area (TPSA) is 86.8 Å². The number of carbonyl (C=O) groups is 2. The van der Waals surface area contributed by atoms with E-state index in [2.05, 4.69) is 27.4 Å². The maximum Gasteiger partial charge on any atom is 0.322 e. The molecule has 1 aliphatic heterocycles. The van der Waals surface area contributed by atoms with Gasteiger partial charge in [0.2, 0.25) is 0 Å². The van der Waals surface area contributed by atoms with Crippen LogP contribution < -0.4 is 10.6 Å². The molecule has 34 heavy (non-hydrogen) atoms. The summed E-state index contributed by atoms with van der Waals surface area (Å²) in [4.78, 5) is 33.9. The van der Waals surface area contributed by atoms with Crippen LogP contribution in [0.15, 0.2) is 29.6 Å². The normalized spacial score (nSPS) is 16.3. The van der Waals surface area contributed by atoms with Gasteiger partial charge in [-0.2, -0.15) is 0 Å². The van der Waals surface area contributed by atoms with Crippen molar-refractivity contribution in [3.05, 3.63) is 45.4 Å². The lowest BCUT2D eigenvalue weighted by molar-refractivity contribution is 0.0944. The molecule has 2 N–H and O–H groups in total. The molecule has 1 aromatic carbocycles. The third-order valence-corrected chi connectivity index (χ3v) is 6.96. The highest BCUT2D eigenvalue weighted by molar-refractivity contribution is 7.09. The molecular formula is C24H34ClN5O3S. The summed E-state index contributed by atoms with van der Waals surface area (Å²) in [7, 11) is 1.59. The van der Waals surface area contributed by atoms with Gasteiger partial charge in [-0.3, -0.25) is 4.79 Å². The van der Waals surface area contributed by atoms with Crippen molar-refractivity contribution in [2.24, 2.45) is 0 Å². The number of amides is 3. The number of aromatic nitrogens is 1. The lowest BCUT2D eigenvalue weighted by Gasteiger charge is -2.33. The number of thiazole rings is 1. The van der Waals surface area contributed by atoms with Crippen LogP contribution in [0.4, 0.5) is 10.5 Å². The van der Waals surface area contributed by atoms with E-state index in [0.717, 1.165) is 19.5 Å². The van der Waals surface area contributed by atoms with E-state index in [9.17, 15) is 9.59 Å². The number of halogens is 1. The van der Waals surface area contributed by atoms with Crippen molar-refractivity contribution in [1.82, 2.24) is 20.1 Å². The lowest BCUT2D eigenvalue weighted by atomic mass is 10.0. The molecule has 186 valence electrons. The summed E-state index contributed by atoms with van der Waals surface area (Å²) in [5.41, 5.74) is 0.992. The first kappa shape index (κ1) is 26.4. The van der Waals surface area contributed by atoms with Crippen LogP contribution in [0.5, 0.6) is 0 Å². The Balaban J connectivity index is 1.49. The quantitative estimate of drug-likeness (QED) is 0.438. The molecule has 1 fully saturated rings. The van der Waals surface area contributed by atoms with Crippen LogP contribution in [0.25, 0.3) is 0 Å². The van der Waals surface area contributed by atoms with Crippen molar-refractivity contribution in [2.75, 3.05) is 45.2 Å². The summed E-state index contributed by atoms with van der Waals surface area (Å²) in [6, 6.07) is 7.32. The Labute approximate surface area is 210 Å². The van der Waals surface area contributed by atoms with E-state index in [-0.39, 0.29) is 18.5 Å². The molecule has 0 spiro atoms. The van der Waals surface area contributed by atoms with Gasteiger partial charge >= 0.3 is 6.03 Å². The number of ether oxygens (including phenoxy) is 1. The summed E-state index contributed by atoms with van der Waals surface area (Å²) in [5.74, 6) is -0.180. The van der Waals surface area contributed by atoms with E-state index < -0.39 is 0 Å². The number of benzene rings is 1. The number of urea groups is 1. The average Bonchev–Trinajstić information content (AvgIpc) is 3.29. The molecule has 1 unspecified atom stereocenters. The number of carbonyl (C=O) groups excluding carboxylic acids is 2. The Morgan fingerprint density at radius 2 is 2.21 bits per heavy atom. The molecule has 3 amide bonds. The largest absolute Gasteiger partial charge is 0.383 e. The molecule has 1 aliphatic rings. The predicted molar refractivity (Wildman–Crippen MR) is 137 cm³/mol. The summed E-state index contributed by atoms with van der Waals surface area (Å²) >= 11 is 7.38. The zero-order chi connectivity index (χ0) is 24.3. The molecular weight excluding hydrogens is 474 g/mol. The number of anilines is 1.